The van der Waals surface area contributed by atoms with Crippen molar-refractivity contribution in [2.45, 2.75) is 33.2 Å². The number of nitrogens with zero attached hydrogens (tertiary/aromatic N) is 2. The third kappa shape index (κ3) is 3.35. The minimum atomic E-state index is 0.885. The number of hydrogen-bond acceptors (Lipinski definition) is 3. The predicted octanol–water partition coefficient (Wildman–Crippen LogP) is 3.58. The predicted molar refractivity (Wildman–Crippen MR) is 89.7 cm³/mol. The zero-order valence-corrected chi connectivity index (χ0v) is 13.1. The Kier molecular flexibility index (Phi) is 4.39. The molecule has 1 aliphatic carbocycles. The van der Waals surface area contributed by atoms with E-state index in [0.717, 1.165) is 43.4 Å². The molecular weight excluding hydrogens is 258 g/mol. The monoisotopic (exact) mass is 283 g/mol. The van der Waals surface area contributed by atoms with Crippen LogP contribution in [0.5, 0.6) is 0 Å². The Morgan fingerprint density at radius 3 is 2.76 bits per heavy atom. The van der Waals surface area contributed by atoms with E-state index in [4.69, 9.17) is 4.98 Å². The van der Waals surface area contributed by atoms with Crippen LogP contribution in [0, 0.1) is 5.92 Å². The summed E-state index contributed by atoms with van der Waals surface area (Å²) in [6.45, 7) is 8.46. The minimum absolute atomic E-state index is 0.885. The Bertz CT molecular complexity index is 604. The number of pyridine rings is 1. The Balaban J connectivity index is 1.97. The van der Waals surface area contributed by atoms with E-state index < -0.39 is 0 Å². The molecule has 0 saturated heterocycles. The molecule has 1 aromatic heterocycles. The number of benzene rings is 1. The lowest BCUT2D eigenvalue weighted by atomic mass is 10.1. The molecule has 0 atom stereocenters. The quantitative estimate of drug-likeness (QED) is 0.842. The Labute approximate surface area is 127 Å². The van der Waals surface area contributed by atoms with Gasteiger partial charge in [-0.3, -0.25) is 0 Å². The number of rotatable bonds is 7. The molecule has 3 heteroatoms. The zero-order chi connectivity index (χ0) is 14.7. The second-order valence-corrected chi connectivity index (χ2v) is 5.92. The third-order valence-electron chi connectivity index (χ3n) is 4.24. The van der Waals surface area contributed by atoms with Crippen molar-refractivity contribution in [1.29, 1.82) is 0 Å². The molecular formula is C18H25N3. The Hall–Kier alpha value is -1.61. The standard InChI is InChI=1S/C18H25N3/c1-3-19-12-15-11-18(21(4-2)13-14-9-10-14)20-17-8-6-5-7-16(15)17/h5-8,11,14,19H,3-4,9-10,12-13H2,1-2H3. The van der Waals surface area contributed by atoms with E-state index in [9.17, 15) is 0 Å². The van der Waals surface area contributed by atoms with Gasteiger partial charge in [-0.25, -0.2) is 4.98 Å². The van der Waals surface area contributed by atoms with E-state index in [1.165, 1.54) is 23.8 Å². The van der Waals surface area contributed by atoms with Crippen molar-refractivity contribution >= 4 is 16.7 Å². The van der Waals surface area contributed by atoms with Crippen LogP contribution in [0.25, 0.3) is 10.9 Å². The molecule has 21 heavy (non-hydrogen) atoms. The Morgan fingerprint density at radius 2 is 2.05 bits per heavy atom. The van der Waals surface area contributed by atoms with Gasteiger partial charge in [-0.1, -0.05) is 25.1 Å². The highest BCUT2D eigenvalue weighted by atomic mass is 15.2. The van der Waals surface area contributed by atoms with Crippen molar-refractivity contribution in [3.63, 3.8) is 0 Å². The molecule has 0 radical (unpaired) electrons. The second kappa shape index (κ2) is 6.44. The lowest BCUT2D eigenvalue weighted by molar-refractivity contribution is 0.720. The van der Waals surface area contributed by atoms with Crippen molar-refractivity contribution in [2.24, 2.45) is 5.92 Å². The zero-order valence-electron chi connectivity index (χ0n) is 13.1. The molecule has 1 aromatic carbocycles. The molecule has 0 unspecified atom stereocenters. The normalized spacial score (nSPS) is 14.6. The van der Waals surface area contributed by atoms with Crippen LogP contribution >= 0.6 is 0 Å². The molecule has 1 heterocycles. The molecule has 1 fully saturated rings. The number of para-hydroxylation sites is 1. The van der Waals surface area contributed by atoms with E-state index in [1.54, 1.807) is 0 Å². The van der Waals surface area contributed by atoms with Gasteiger partial charge in [-0.05, 0) is 49.9 Å². The third-order valence-corrected chi connectivity index (χ3v) is 4.24. The van der Waals surface area contributed by atoms with Crippen LogP contribution in [-0.4, -0.2) is 24.6 Å². The summed E-state index contributed by atoms with van der Waals surface area (Å²) in [5.41, 5.74) is 2.46. The number of hydrogen-bond donors (Lipinski definition) is 1. The van der Waals surface area contributed by atoms with Crippen LogP contribution in [0.1, 0.15) is 32.3 Å². The molecule has 1 saturated carbocycles. The molecule has 0 aliphatic heterocycles. The van der Waals surface area contributed by atoms with Gasteiger partial charge in [0.2, 0.25) is 0 Å². The van der Waals surface area contributed by atoms with Gasteiger partial charge < -0.3 is 10.2 Å². The largest absolute Gasteiger partial charge is 0.357 e. The van der Waals surface area contributed by atoms with Gasteiger partial charge in [0.25, 0.3) is 0 Å². The summed E-state index contributed by atoms with van der Waals surface area (Å²) in [5.74, 6) is 2.02. The molecule has 112 valence electrons. The lowest BCUT2D eigenvalue weighted by Gasteiger charge is -2.23. The number of nitrogens with one attached hydrogen (secondary N) is 1. The van der Waals surface area contributed by atoms with Gasteiger partial charge in [0.15, 0.2) is 0 Å². The maximum atomic E-state index is 4.89. The molecule has 3 rings (SSSR count). The van der Waals surface area contributed by atoms with Crippen molar-refractivity contribution in [3.05, 3.63) is 35.9 Å². The molecule has 3 nitrogen and oxygen atoms in total. The average molecular weight is 283 g/mol. The van der Waals surface area contributed by atoms with E-state index in [1.807, 2.05) is 0 Å². The van der Waals surface area contributed by atoms with Gasteiger partial charge in [-0.15, -0.1) is 0 Å². The first kappa shape index (κ1) is 14.3. The molecule has 0 amide bonds. The number of aromatic nitrogens is 1. The summed E-state index contributed by atoms with van der Waals surface area (Å²) >= 11 is 0. The summed E-state index contributed by atoms with van der Waals surface area (Å²) in [4.78, 5) is 7.32. The smallest absolute Gasteiger partial charge is 0.129 e. The minimum Gasteiger partial charge on any atom is -0.357 e. The van der Waals surface area contributed by atoms with Crippen LogP contribution in [0.4, 0.5) is 5.82 Å². The fourth-order valence-electron chi connectivity index (χ4n) is 2.80. The van der Waals surface area contributed by atoms with E-state index >= 15 is 0 Å². The highest BCUT2D eigenvalue weighted by molar-refractivity contribution is 5.84. The first-order chi connectivity index (χ1) is 10.3. The molecule has 0 bridgehead atoms. The van der Waals surface area contributed by atoms with Gasteiger partial charge >= 0.3 is 0 Å². The number of fused-ring (bicyclic) bond motifs is 1. The van der Waals surface area contributed by atoms with Crippen molar-refractivity contribution in [1.82, 2.24) is 10.3 Å². The maximum absolute atomic E-state index is 4.89. The van der Waals surface area contributed by atoms with E-state index in [2.05, 4.69) is 54.4 Å². The van der Waals surface area contributed by atoms with Crippen LogP contribution < -0.4 is 10.2 Å². The summed E-state index contributed by atoms with van der Waals surface area (Å²) < 4.78 is 0. The van der Waals surface area contributed by atoms with Crippen LogP contribution in [0.15, 0.2) is 30.3 Å². The van der Waals surface area contributed by atoms with Crippen molar-refractivity contribution in [2.75, 3.05) is 24.5 Å². The van der Waals surface area contributed by atoms with Gasteiger partial charge in [-0.2, -0.15) is 0 Å². The molecule has 1 N–H and O–H groups in total. The lowest BCUT2D eigenvalue weighted by Crippen LogP contribution is -2.26. The molecule has 2 aromatic rings. The Morgan fingerprint density at radius 1 is 1.24 bits per heavy atom. The van der Waals surface area contributed by atoms with Crippen LogP contribution in [0.2, 0.25) is 0 Å². The van der Waals surface area contributed by atoms with Crippen LogP contribution in [0.3, 0.4) is 0 Å². The van der Waals surface area contributed by atoms with Crippen molar-refractivity contribution < 1.29 is 0 Å². The fourth-order valence-corrected chi connectivity index (χ4v) is 2.80. The average Bonchev–Trinajstić information content (AvgIpc) is 3.34. The van der Waals surface area contributed by atoms with Crippen LogP contribution in [-0.2, 0) is 6.54 Å². The maximum Gasteiger partial charge on any atom is 0.129 e. The van der Waals surface area contributed by atoms with E-state index in [0.29, 0.717) is 0 Å². The highest BCUT2D eigenvalue weighted by Crippen LogP contribution is 2.32. The molecule has 1 aliphatic rings. The second-order valence-electron chi connectivity index (χ2n) is 5.92. The topological polar surface area (TPSA) is 28.2 Å². The molecule has 0 spiro atoms. The highest BCUT2D eigenvalue weighted by Gasteiger charge is 2.24. The number of anilines is 1. The SMILES string of the molecule is CCNCc1cc(N(CC)CC2CC2)nc2ccccc12. The summed E-state index contributed by atoms with van der Waals surface area (Å²) in [6, 6.07) is 10.8. The van der Waals surface area contributed by atoms with E-state index in [-0.39, 0.29) is 0 Å². The van der Waals surface area contributed by atoms with Gasteiger partial charge in [0, 0.05) is 25.0 Å². The van der Waals surface area contributed by atoms with Gasteiger partial charge in [0.05, 0.1) is 5.52 Å². The van der Waals surface area contributed by atoms with Crippen molar-refractivity contribution in [3.8, 4) is 0 Å². The first-order valence-corrected chi connectivity index (χ1v) is 8.16. The first-order valence-electron chi connectivity index (χ1n) is 8.16. The summed E-state index contributed by atoms with van der Waals surface area (Å²) in [5, 5.41) is 4.72. The summed E-state index contributed by atoms with van der Waals surface area (Å²) in [7, 11) is 0. The van der Waals surface area contributed by atoms with Gasteiger partial charge in [0.1, 0.15) is 5.82 Å². The summed E-state index contributed by atoms with van der Waals surface area (Å²) in [6.07, 6.45) is 2.77. The fraction of sp³-hybridized carbons (Fsp3) is 0.500.